The Morgan fingerprint density at radius 2 is 1.34 bits per heavy atom. The van der Waals surface area contributed by atoms with Gasteiger partial charge in [-0.1, -0.05) is 44.7 Å². The van der Waals surface area contributed by atoms with E-state index in [0.29, 0.717) is 11.5 Å². The van der Waals surface area contributed by atoms with Crippen molar-refractivity contribution < 1.29 is 19.1 Å². The second-order valence-corrected chi connectivity index (χ2v) is 9.02. The van der Waals surface area contributed by atoms with E-state index in [2.05, 4.69) is 41.6 Å². The largest absolute Gasteiger partial charge is 0.479 e. The average molecular weight is 551 g/mol. The van der Waals surface area contributed by atoms with Crippen molar-refractivity contribution in [2.24, 2.45) is 5.16 Å². The van der Waals surface area contributed by atoms with Crippen LogP contribution in [0.25, 0.3) is 0 Å². The van der Waals surface area contributed by atoms with Gasteiger partial charge in [0, 0.05) is 3.57 Å². The Balaban J connectivity index is 1.86. The lowest BCUT2D eigenvalue weighted by molar-refractivity contribution is -0.151. The van der Waals surface area contributed by atoms with Gasteiger partial charge in [-0.2, -0.15) is 0 Å². The Kier molecular flexibility index (Phi) is 12.2. The molecule has 0 N–H and O–H groups in total. The van der Waals surface area contributed by atoms with E-state index in [-0.39, 0.29) is 0 Å². The molecule has 2 aromatic carbocycles. The highest BCUT2D eigenvalue weighted by molar-refractivity contribution is 14.1. The lowest BCUT2D eigenvalue weighted by atomic mass is 10.1. The maximum Gasteiger partial charge on any atom is 0.374 e. The standard InChI is InChI=1S/C26H34INO4/c1-4-6-8-10-22(11-9-7-5-2)28-32-26(29)20(3)30-23-16-18-25(19-17-23)31-24-14-12-21(27)13-15-24/h12-20H,4-11H2,1-3H3. The molecular formula is C26H34INO4. The first kappa shape index (κ1) is 26.2. The number of rotatable bonds is 14. The van der Waals surface area contributed by atoms with Crippen LogP contribution in [0.2, 0.25) is 0 Å². The van der Waals surface area contributed by atoms with E-state index in [4.69, 9.17) is 14.3 Å². The van der Waals surface area contributed by atoms with Gasteiger partial charge in [0.2, 0.25) is 0 Å². The van der Waals surface area contributed by atoms with Crippen molar-refractivity contribution in [3.8, 4) is 17.2 Å². The molecule has 1 atom stereocenters. The number of oxime groups is 1. The molecule has 0 spiro atoms. The number of ether oxygens (including phenoxy) is 2. The highest BCUT2D eigenvalue weighted by Crippen LogP contribution is 2.25. The summed E-state index contributed by atoms with van der Waals surface area (Å²) in [5, 5.41) is 4.16. The summed E-state index contributed by atoms with van der Waals surface area (Å²) in [6.45, 7) is 6.02. The van der Waals surface area contributed by atoms with Gasteiger partial charge in [0.25, 0.3) is 0 Å². The molecule has 5 nitrogen and oxygen atoms in total. The summed E-state index contributed by atoms with van der Waals surface area (Å²) in [6, 6.07) is 15.0. The van der Waals surface area contributed by atoms with Gasteiger partial charge in [-0.3, -0.25) is 0 Å². The van der Waals surface area contributed by atoms with Crippen LogP contribution < -0.4 is 9.47 Å². The lowest BCUT2D eigenvalue weighted by Gasteiger charge is -2.13. The fraction of sp³-hybridized carbons (Fsp3) is 0.462. The molecule has 0 saturated heterocycles. The Morgan fingerprint density at radius 3 is 1.88 bits per heavy atom. The molecule has 0 fully saturated rings. The maximum absolute atomic E-state index is 12.4. The first-order valence-electron chi connectivity index (χ1n) is 11.5. The van der Waals surface area contributed by atoms with E-state index in [0.717, 1.165) is 66.4 Å². The molecule has 0 heterocycles. The number of halogens is 1. The van der Waals surface area contributed by atoms with Gasteiger partial charge in [-0.25, -0.2) is 4.79 Å². The average Bonchev–Trinajstić information content (AvgIpc) is 2.80. The minimum atomic E-state index is -0.755. The van der Waals surface area contributed by atoms with Crippen LogP contribution in [0.1, 0.15) is 72.1 Å². The summed E-state index contributed by atoms with van der Waals surface area (Å²) < 4.78 is 12.7. The molecule has 174 valence electrons. The van der Waals surface area contributed by atoms with Crippen LogP contribution in [0.4, 0.5) is 0 Å². The number of hydrogen-bond acceptors (Lipinski definition) is 5. The van der Waals surface area contributed by atoms with E-state index < -0.39 is 12.1 Å². The molecular weight excluding hydrogens is 517 g/mol. The molecule has 0 radical (unpaired) electrons. The summed E-state index contributed by atoms with van der Waals surface area (Å²) in [5.41, 5.74) is 0.963. The first-order valence-corrected chi connectivity index (χ1v) is 12.6. The van der Waals surface area contributed by atoms with Crippen molar-refractivity contribution in [3.05, 3.63) is 52.1 Å². The van der Waals surface area contributed by atoms with Gasteiger partial charge in [-0.05, 0) is 104 Å². The number of carbonyl (C=O) groups excluding carboxylic acids is 1. The molecule has 0 aromatic heterocycles. The third-order valence-electron chi connectivity index (χ3n) is 4.92. The molecule has 0 aliphatic heterocycles. The number of carbonyl (C=O) groups is 1. The Labute approximate surface area is 205 Å². The van der Waals surface area contributed by atoms with Crippen molar-refractivity contribution in [3.63, 3.8) is 0 Å². The zero-order valence-corrected chi connectivity index (χ0v) is 21.5. The van der Waals surface area contributed by atoms with Crippen LogP contribution in [0.3, 0.4) is 0 Å². The number of hydrogen-bond donors (Lipinski definition) is 0. The number of unbranched alkanes of at least 4 members (excludes halogenated alkanes) is 4. The monoisotopic (exact) mass is 551 g/mol. The normalized spacial score (nSPS) is 11.5. The fourth-order valence-corrected chi connectivity index (χ4v) is 3.39. The lowest BCUT2D eigenvalue weighted by Crippen LogP contribution is -2.25. The summed E-state index contributed by atoms with van der Waals surface area (Å²) in [5.74, 6) is 1.54. The predicted molar refractivity (Wildman–Crippen MR) is 138 cm³/mol. The van der Waals surface area contributed by atoms with Gasteiger partial charge in [0.15, 0.2) is 6.10 Å². The van der Waals surface area contributed by atoms with Crippen LogP contribution in [0, 0.1) is 3.57 Å². The van der Waals surface area contributed by atoms with E-state index in [1.807, 2.05) is 36.4 Å². The minimum absolute atomic E-state index is 0.493. The molecule has 0 bridgehead atoms. The van der Waals surface area contributed by atoms with Gasteiger partial charge in [-0.15, -0.1) is 0 Å². The van der Waals surface area contributed by atoms with Crippen LogP contribution in [-0.2, 0) is 9.63 Å². The highest BCUT2D eigenvalue weighted by Gasteiger charge is 2.17. The molecule has 0 aliphatic rings. The molecule has 0 amide bonds. The smallest absolute Gasteiger partial charge is 0.374 e. The van der Waals surface area contributed by atoms with Crippen molar-refractivity contribution in [2.45, 2.75) is 78.2 Å². The fourth-order valence-electron chi connectivity index (χ4n) is 3.04. The van der Waals surface area contributed by atoms with E-state index in [9.17, 15) is 4.79 Å². The maximum atomic E-state index is 12.4. The molecule has 32 heavy (non-hydrogen) atoms. The molecule has 2 aromatic rings. The Morgan fingerprint density at radius 1 is 0.844 bits per heavy atom. The minimum Gasteiger partial charge on any atom is -0.479 e. The van der Waals surface area contributed by atoms with Crippen LogP contribution in [0.15, 0.2) is 53.7 Å². The van der Waals surface area contributed by atoms with Gasteiger partial charge < -0.3 is 14.3 Å². The molecule has 6 heteroatoms. The second-order valence-electron chi connectivity index (χ2n) is 7.77. The quantitative estimate of drug-likeness (QED) is 0.0787. The Bertz CT molecular complexity index is 822. The molecule has 1 unspecified atom stereocenters. The molecule has 2 rings (SSSR count). The van der Waals surface area contributed by atoms with Gasteiger partial charge >= 0.3 is 5.97 Å². The van der Waals surface area contributed by atoms with E-state index >= 15 is 0 Å². The summed E-state index contributed by atoms with van der Waals surface area (Å²) >= 11 is 2.25. The van der Waals surface area contributed by atoms with Crippen LogP contribution in [-0.4, -0.2) is 17.8 Å². The summed E-state index contributed by atoms with van der Waals surface area (Å²) in [6.07, 6.45) is 7.76. The van der Waals surface area contributed by atoms with E-state index in [1.54, 1.807) is 19.1 Å². The zero-order chi connectivity index (χ0) is 23.2. The van der Waals surface area contributed by atoms with Crippen LogP contribution in [0.5, 0.6) is 17.2 Å². The SMILES string of the molecule is CCCCCC(CCCCC)=NOC(=O)C(C)Oc1ccc(Oc2ccc(I)cc2)cc1. The van der Waals surface area contributed by atoms with Crippen molar-refractivity contribution in [1.82, 2.24) is 0 Å². The van der Waals surface area contributed by atoms with Crippen molar-refractivity contribution in [1.29, 1.82) is 0 Å². The third-order valence-corrected chi connectivity index (χ3v) is 5.64. The molecule has 0 aliphatic carbocycles. The predicted octanol–water partition coefficient (Wildman–Crippen LogP) is 7.91. The topological polar surface area (TPSA) is 57.1 Å². The first-order chi connectivity index (χ1) is 15.5. The van der Waals surface area contributed by atoms with Gasteiger partial charge in [0.05, 0.1) is 5.71 Å². The molecule has 0 saturated carbocycles. The van der Waals surface area contributed by atoms with Crippen LogP contribution >= 0.6 is 22.6 Å². The third kappa shape index (κ3) is 10.0. The van der Waals surface area contributed by atoms with Crippen molar-refractivity contribution in [2.75, 3.05) is 0 Å². The summed E-state index contributed by atoms with van der Waals surface area (Å²) in [4.78, 5) is 17.6. The number of nitrogens with zero attached hydrogens (tertiary/aromatic N) is 1. The highest BCUT2D eigenvalue weighted by atomic mass is 127. The van der Waals surface area contributed by atoms with Gasteiger partial charge in [0.1, 0.15) is 17.2 Å². The number of benzene rings is 2. The zero-order valence-electron chi connectivity index (χ0n) is 19.3. The van der Waals surface area contributed by atoms with Crippen molar-refractivity contribution >= 4 is 34.3 Å². The Hall–Kier alpha value is -2.09. The van der Waals surface area contributed by atoms with E-state index in [1.165, 1.54) is 0 Å². The second kappa shape index (κ2) is 14.9. The summed E-state index contributed by atoms with van der Waals surface area (Å²) in [7, 11) is 0.